The van der Waals surface area contributed by atoms with E-state index in [9.17, 15) is 0 Å². The summed E-state index contributed by atoms with van der Waals surface area (Å²) in [7, 11) is 0. The van der Waals surface area contributed by atoms with Gasteiger partial charge in [0.25, 0.3) is 0 Å². The third kappa shape index (κ3) is 5.30. The largest absolute Gasteiger partial charge is 0.478 e. The van der Waals surface area contributed by atoms with Crippen LogP contribution < -0.4 is 0 Å². The summed E-state index contributed by atoms with van der Waals surface area (Å²) < 4.78 is 12.9. The van der Waals surface area contributed by atoms with Crippen LogP contribution in [-0.2, 0) is 9.47 Å². The van der Waals surface area contributed by atoms with Crippen molar-refractivity contribution in [3.63, 3.8) is 0 Å². The smallest absolute Gasteiger partial charge is 0.199 e. The lowest BCUT2D eigenvalue weighted by molar-refractivity contribution is 0.173. The summed E-state index contributed by atoms with van der Waals surface area (Å²) in [6.45, 7) is 10.5. The van der Waals surface area contributed by atoms with Crippen molar-refractivity contribution in [2.45, 2.75) is 117 Å². The maximum absolute atomic E-state index is 6.47. The van der Waals surface area contributed by atoms with Gasteiger partial charge in [-0.2, -0.15) is 0 Å². The average Bonchev–Trinajstić information content (AvgIpc) is 3.46. The molecule has 2 atom stereocenters. The van der Waals surface area contributed by atoms with Gasteiger partial charge in [0.1, 0.15) is 18.6 Å². The zero-order chi connectivity index (χ0) is 21.8. The van der Waals surface area contributed by atoms with Crippen LogP contribution in [0.2, 0.25) is 0 Å². The zero-order valence-electron chi connectivity index (χ0n) is 20.6. The number of ether oxygens (including phenoxy) is 2. The molecule has 0 aromatic heterocycles. The first-order chi connectivity index (χ1) is 15.0. The van der Waals surface area contributed by atoms with Crippen molar-refractivity contribution in [1.29, 1.82) is 0 Å². The Bertz CT molecular complexity index is 586. The Morgan fingerprint density at radius 3 is 1.39 bits per heavy atom. The molecule has 0 aromatic carbocycles. The van der Waals surface area contributed by atoms with Crippen LogP contribution in [0.1, 0.15) is 105 Å². The van der Waals surface area contributed by atoms with Crippen molar-refractivity contribution in [3.05, 3.63) is 0 Å². The van der Waals surface area contributed by atoms with Crippen LogP contribution in [0.3, 0.4) is 0 Å². The molecule has 4 rings (SSSR count). The van der Waals surface area contributed by atoms with Crippen LogP contribution >= 0.6 is 0 Å². The first-order valence-electron chi connectivity index (χ1n) is 13.4. The van der Waals surface area contributed by atoms with Gasteiger partial charge in [0.2, 0.25) is 0 Å². The minimum Gasteiger partial charge on any atom is -0.478 e. The van der Waals surface area contributed by atoms with E-state index in [1.807, 2.05) is 0 Å². The molecule has 4 aliphatic rings. The van der Waals surface area contributed by atoms with Gasteiger partial charge in [-0.1, -0.05) is 91.9 Å². The second-order valence-corrected chi connectivity index (χ2v) is 11.6. The molecule has 4 nitrogen and oxygen atoms in total. The minimum atomic E-state index is -0.239. The van der Waals surface area contributed by atoms with E-state index in [2.05, 4.69) is 27.7 Å². The molecule has 2 saturated carbocycles. The quantitative estimate of drug-likeness (QED) is 0.424. The van der Waals surface area contributed by atoms with Gasteiger partial charge in [0.15, 0.2) is 11.8 Å². The molecule has 0 unspecified atom stereocenters. The maximum atomic E-state index is 6.47. The Morgan fingerprint density at radius 1 is 0.677 bits per heavy atom. The van der Waals surface area contributed by atoms with Crippen molar-refractivity contribution in [2.75, 3.05) is 13.2 Å². The van der Waals surface area contributed by atoms with E-state index in [0.717, 1.165) is 49.7 Å². The van der Waals surface area contributed by atoms with Crippen molar-refractivity contribution in [3.8, 4) is 0 Å². The summed E-state index contributed by atoms with van der Waals surface area (Å²) in [4.78, 5) is 10.5. The van der Waals surface area contributed by atoms with Crippen LogP contribution in [0, 0.1) is 29.1 Å². The van der Waals surface area contributed by atoms with Crippen LogP contribution in [-0.4, -0.2) is 37.1 Å². The van der Waals surface area contributed by atoms with E-state index in [0.29, 0.717) is 11.8 Å². The van der Waals surface area contributed by atoms with E-state index in [1.54, 1.807) is 0 Å². The van der Waals surface area contributed by atoms with Crippen molar-refractivity contribution >= 4 is 11.8 Å². The molecule has 4 heteroatoms. The Morgan fingerprint density at radius 2 is 1.06 bits per heavy atom. The second kappa shape index (κ2) is 10.3. The van der Waals surface area contributed by atoms with Gasteiger partial charge in [-0.3, -0.25) is 0 Å². The fourth-order valence-corrected chi connectivity index (χ4v) is 6.28. The highest BCUT2D eigenvalue weighted by molar-refractivity contribution is 6.06. The minimum absolute atomic E-state index is 0.239. The molecule has 0 spiro atoms. The lowest BCUT2D eigenvalue weighted by Gasteiger charge is -2.39. The molecular formula is C27H46N2O2. The lowest BCUT2D eigenvalue weighted by Crippen LogP contribution is -2.44. The number of hydrogen-bond acceptors (Lipinski definition) is 4. The van der Waals surface area contributed by atoms with Crippen LogP contribution in [0.5, 0.6) is 0 Å². The van der Waals surface area contributed by atoms with Gasteiger partial charge >= 0.3 is 0 Å². The van der Waals surface area contributed by atoms with Crippen LogP contribution in [0.15, 0.2) is 9.98 Å². The normalized spacial score (nSPS) is 28.6. The van der Waals surface area contributed by atoms with E-state index < -0.39 is 0 Å². The van der Waals surface area contributed by atoms with Gasteiger partial charge in [0, 0.05) is 0 Å². The van der Waals surface area contributed by atoms with Gasteiger partial charge in [0.05, 0.1) is 12.1 Å². The molecule has 0 saturated heterocycles. The summed E-state index contributed by atoms with van der Waals surface area (Å²) in [5.74, 6) is 4.46. The fraction of sp³-hybridized carbons (Fsp3) is 0.926. The van der Waals surface area contributed by atoms with Crippen LogP contribution in [0.4, 0.5) is 0 Å². The van der Waals surface area contributed by atoms with E-state index >= 15 is 0 Å². The summed E-state index contributed by atoms with van der Waals surface area (Å²) in [6, 6.07) is 0.546. The number of hydrogen-bond donors (Lipinski definition) is 0. The third-order valence-electron chi connectivity index (χ3n) is 8.43. The van der Waals surface area contributed by atoms with Gasteiger partial charge in [-0.15, -0.1) is 0 Å². The Labute approximate surface area is 190 Å². The highest BCUT2D eigenvalue weighted by atomic mass is 16.5. The summed E-state index contributed by atoms with van der Waals surface area (Å²) in [5.41, 5.74) is -0.239. The molecule has 0 aromatic rings. The first-order valence-corrected chi connectivity index (χ1v) is 13.4. The Kier molecular flexibility index (Phi) is 7.64. The number of aliphatic imine (C=N–C) groups is 2. The second-order valence-electron chi connectivity index (χ2n) is 11.6. The Balaban J connectivity index is 1.71. The predicted molar refractivity (Wildman–Crippen MR) is 129 cm³/mol. The van der Waals surface area contributed by atoms with Crippen molar-refractivity contribution in [1.82, 2.24) is 0 Å². The third-order valence-corrected chi connectivity index (χ3v) is 8.43. The summed E-state index contributed by atoms with van der Waals surface area (Å²) in [5, 5.41) is 0. The fourth-order valence-electron chi connectivity index (χ4n) is 6.28. The number of rotatable bonds is 8. The van der Waals surface area contributed by atoms with Gasteiger partial charge in [-0.05, 0) is 36.5 Å². The first kappa shape index (κ1) is 23.1. The predicted octanol–water partition coefficient (Wildman–Crippen LogP) is 6.82. The molecule has 2 heterocycles. The highest BCUT2D eigenvalue weighted by Gasteiger charge is 2.51. The summed E-state index contributed by atoms with van der Waals surface area (Å²) >= 11 is 0. The monoisotopic (exact) mass is 430 g/mol. The average molecular weight is 431 g/mol. The van der Waals surface area contributed by atoms with E-state index in [1.165, 1.54) is 64.2 Å². The summed E-state index contributed by atoms with van der Waals surface area (Å²) in [6.07, 6.45) is 15.9. The van der Waals surface area contributed by atoms with E-state index in [4.69, 9.17) is 19.5 Å². The van der Waals surface area contributed by atoms with Crippen molar-refractivity contribution < 1.29 is 9.47 Å². The standard InChI is InChI=1S/C27H46N2O2/c1-19(2)23-17-30-25(28-23)27(15-21-11-7-5-8-12-21,16-22-13-9-6-10-14-22)26-29-24(18-31-26)20(3)4/h19-24H,5-18H2,1-4H3/t23-,24-/m1/s1. The molecule has 0 amide bonds. The van der Waals surface area contributed by atoms with Crippen molar-refractivity contribution in [2.24, 2.45) is 39.1 Å². The topological polar surface area (TPSA) is 43.2 Å². The van der Waals surface area contributed by atoms with Crippen LogP contribution in [0.25, 0.3) is 0 Å². The molecule has 31 heavy (non-hydrogen) atoms. The van der Waals surface area contributed by atoms with Gasteiger partial charge < -0.3 is 9.47 Å². The maximum Gasteiger partial charge on any atom is 0.199 e. The van der Waals surface area contributed by atoms with Gasteiger partial charge in [-0.25, -0.2) is 9.98 Å². The molecule has 2 aliphatic heterocycles. The SMILES string of the molecule is CC(C)[C@H]1COC(C(CC2CCCCC2)(CC2CCCCC2)C2=N[C@@H](C(C)C)CO2)=N1. The molecule has 0 radical (unpaired) electrons. The zero-order valence-corrected chi connectivity index (χ0v) is 20.6. The molecule has 2 aliphatic carbocycles. The lowest BCUT2D eigenvalue weighted by atomic mass is 9.67. The highest BCUT2D eigenvalue weighted by Crippen LogP contribution is 2.47. The molecule has 2 fully saturated rings. The molecule has 0 N–H and O–H groups in total. The molecule has 0 bridgehead atoms. The van der Waals surface area contributed by atoms with E-state index in [-0.39, 0.29) is 17.5 Å². The molecule has 176 valence electrons. The Hall–Kier alpha value is -1.06. The number of nitrogens with zero attached hydrogens (tertiary/aromatic N) is 2. The molecular weight excluding hydrogens is 384 g/mol.